The molecular formula is C14H23BrN2O. The van der Waals surface area contributed by atoms with Gasteiger partial charge >= 0.3 is 0 Å². The van der Waals surface area contributed by atoms with Gasteiger partial charge in [0.2, 0.25) is 0 Å². The number of halogens is 1. The number of anilines is 1. The molecule has 0 saturated heterocycles. The van der Waals surface area contributed by atoms with Gasteiger partial charge in [-0.1, -0.05) is 22.0 Å². The Morgan fingerprint density at radius 1 is 1.33 bits per heavy atom. The molecule has 0 aliphatic carbocycles. The lowest BCUT2D eigenvalue weighted by atomic mass is 10.3. The van der Waals surface area contributed by atoms with Crippen molar-refractivity contribution in [3.8, 4) is 0 Å². The summed E-state index contributed by atoms with van der Waals surface area (Å²) >= 11 is 3.46. The third-order valence-electron chi connectivity index (χ3n) is 2.57. The molecule has 18 heavy (non-hydrogen) atoms. The molecule has 1 aromatic rings. The van der Waals surface area contributed by atoms with Gasteiger partial charge in [-0.2, -0.15) is 0 Å². The van der Waals surface area contributed by atoms with E-state index in [4.69, 9.17) is 4.74 Å². The first-order chi connectivity index (χ1) is 8.58. The minimum atomic E-state index is 0.318. The highest BCUT2D eigenvalue weighted by molar-refractivity contribution is 9.10. The van der Waals surface area contributed by atoms with Crippen LogP contribution in [0.3, 0.4) is 0 Å². The van der Waals surface area contributed by atoms with E-state index in [1.165, 1.54) is 0 Å². The maximum atomic E-state index is 5.52. The van der Waals surface area contributed by atoms with Crippen LogP contribution >= 0.6 is 15.9 Å². The quantitative estimate of drug-likeness (QED) is 0.797. The SMILES string of the molecule is CC(C)OCCN(C)CCNc1cccc(Br)c1. The van der Waals surface area contributed by atoms with Crippen molar-refractivity contribution in [3.05, 3.63) is 28.7 Å². The van der Waals surface area contributed by atoms with Crippen LogP contribution < -0.4 is 5.32 Å². The first-order valence-electron chi connectivity index (χ1n) is 6.37. The number of benzene rings is 1. The number of nitrogens with zero attached hydrogens (tertiary/aromatic N) is 1. The molecule has 0 unspecified atom stereocenters. The Morgan fingerprint density at radius 3 is 2.78 bits per heavy atom. The van der Waals surface area contributed by atoms with E-state index in [0.717, 1.165) is 36.4 Å². The highest BCUT2D eigenvalue weighted by atomic mass is 79.9. The molecule has 0 spiro atoms. The highest BCUT2D eigenvalue weighted by Gasteiger charge is 2.00. The van der Waals surface area contributed by atoms with Gasteiger partial charge in [-0.3, -0.25) is 0 Å². The fourth-order valence-electron chi connectivity index (χ4n) is 1.55. The molecular weight excluding hydrogens is 292 g/mol. The molecule has 0 aromatic heterocycles. The van der Waals surface area contributed by atoms with Crippen LogP contribution in [-0.2, 0) is 4.74 Å². The lowest BCUT2D eigenvalue weighted by Gasteiger charge is -2.18. The largest absolute Gasteiger partial charge is 0.384 e. The lowest BCUT2D eigenvalue weighted by molar-refractivity contribution is 0.0645. The van der Waals surface area contributed by atoms with Crippen LogP contribution in [0.25, 0.3) is 0 Å². The Kier molecular flexibility index (Phi) is 7.32. The second-order valence-corrected chi connectivity index (χ2v) is 5.58. The van der Waals surface area contributed by atoms with E-state index in [9.17, 15) is 0 Å². The Labute approximate surface area is 119 Å². The Hall–Kier alpha value is -0.580. The van der Waals surface area contributed by atoms with Gasteiger partial charge in [-0.15, -0.1) is 0 Å². The summed E-state index contributed by atoms with van der Waals surface area (Å²) in [5, 5.41) is 3.40. The summed E-state index contributed by atoms with van der Waals surface area (Å²) in [4.78, 5) is 2.27. The minimum absolute atomic E-state index is 0.318. The van der Waals surface area contributed by atoms with Gasteiger partial charge in [0.25, 0.3) is 0 Å². The summed E-state index contributed by atoms with van der Waals surface area (Å²) in [6.45, 7) is 7.84. The smallest absolute Gasteiger partial charge is 0.0596 e. The van der Waals surface area contributed by atoms with E-state index < -0.39 is 0 Å². The Morgan fingerprint density at radius 2 is 2.11 bits per heavy atom. The van der Waals surface area contributed by atoms with Crippen molar-refractivity contribution in [2.45, 2.75) is 20.0 Å². The molecule has 0 atom stereocenters. The van der Waals surface area contributed by atoms with Crippen molar-refractivity contribution in [1.82, 2.24) is 4.90 Å². The van der Waals surface area contributed by atoms with Gasteiger partial charge in [0.15, 0.2) is 0 Å². The summed E-state index contributed by atoms with van der Waals surface area (Å²) < 4.78 is 6.63. The van der Waals surface area contributed by atoms with Crippen LogP contribution in [0, 0.1) is 0 Å². The molecule has 0 aliphatic heterocycles. The molecule has 1 aromatic carbocycles. The molecule has 0 saturated carbocycles. The number of hydrogen-bond acceptors (Lipinski definition) is 3. The lowest BCUT2D eigenvalue weighted by Crippen LogP contribution is -2.29. The molecule has 1 N–H and O–H groups in total. The maximum Gasteiger partial charge on any atom is 0.0596 e. The van der Waals surface area contributed by atoms with E-state index in [0.29, 0.717) is 6.10 Å². The van der Waals surface area contributed by atoms with Crippen molar-refractivity contribution in [3.63, 3.8) is 0 Å². The molecule has 0 fully saturated rings. The summed E-state index contributed by atoms with van der Waals surface area (Å²) in [7, 11) is 2.12. The zero-order valence-electron chi connectivity index (χ0n) is 11.4. The number of likely N-dealkylation sites (N-methyl/N-ethyl adjacent to an activating group) is 1. The Bertz CT molecular complexity index is 344. The average Bonchev–Trinajstić information content (AvgIpc) is 2.28. The van der Waals surface area contributed by atoms with Crippen molar-refractivity contribution >= 4 is 21.6 Å². The van der Waals surface area contributed by atoms with Crippen LogP contribution in [0.5, 0.6) is 0 Å². The number of ether oxygens (including phenoxy) is 1. The van der Waals surface area contributed by atoms with Crippen molar-refractivity contribution < 1.29 is 4.74 Å². The van der Waals surface area contributed by atoms with Gasteiger partial charge in [-0.05, 0) is 39.1 Å². The number of nitrogens with one attached hydrogen (secondary N) is 1. The molecule has 0 heterocycles. The van der Waals surface area contributed by atoms with Crippen molar-refractivity contribution in [2.75, 3.05) is 38.6 Å². The van der Waals surface area contributed by atoms with Crippen LogP contribution in [0.4, 0.5) is 5.69 Å². The predicted molar refractivity (Wildman–Crippen MR) is 81.2 cm³/mol. The normalized spacial score (nSPS) is 11.2. The first kappa shape index (κ1) is 15.5. The van der Waals surface area contributed by atoms with Crippen LogP contribution in [0.15, 0.2) is 28.7 Å². The topological polar surface area (TPSA) is 24.5 Å². The van der Waals surface area contributed by atoms with E-state index in [-0.39, 0.29) is 0 Å². The summed E-state index contributed by atoms with van der Waals surface area (Å²) in [5.41, 5.74) is 1.15. The van der Waals surface area contributed by atoms with Gasteiger partial charge in [0.1, 0.15) is 0 Å². The van der Waals surface area contributed by atoms with Gasteiger partial charge in [0.05, 0.1) is 12.7 Å². The van der Waals surface area contributed by atoms with Gasteiger partial charge < -0.3 is 15.0 Å². The zero-order valence-corrected chi connectivity index (χ0v) is 13.0. The third-order valence-corrected chi connectivity index (χ3v) is 3.06. The Balaban J connectivity index is 2.13. The molecule has 0 aliphatic rings. The molecule has 0 bridgehead atoms. The van der Waals surface area contributed by atoms with Crippen LogP contribution in [-0.4, -0.2) is 44.3 Å². The van der Waals surface area contributed by atoms with Gasteiger partial charge in [-0.25, -0.2) is 0 Å². The predicted octanol–water partition coefficient (Wildman–Crippen LogP) is 3.22. The molecule has 4 heteroatoms. The van der Waals surface area contributed by atoms with Crippen molar-refractivity contribution in [2.24, 2.45) is 0 Å². The first-order valence-corrected chi connectivity index (χ1v) is 7.17. The number of rotatable bonds is 8. The zero-order chi connectivity index (χ0) is 13.4. The summed E-state index contributed by atoms with van der Waals surface area (Å²) in [6, 6.07) is 8.22. The van der Waals surface area contributed by atoms with Gasteiger partial charge in [0, 0.05) is 29.8 Å². The standard InChI is InChI=1S/C14H23BrN2O/c1-12(2)18-10-9-17(3)8-7-16-14-6-4-5-13(15)11-14/h4-6,11-12,16H,7-10H2,1-3H3. The maximum absolute atomic E-state index is 5.52. The minimum Gasteiger partial charge on any atom is -0.384 e. The summed E-state index contributed by atoms with van der Waals surface area (Å²) in [5.74, 6) is 0. The molecule has 0 radical (unpaired) electrons. The van der Waals surface area contributed by atoms with E-state index in [1.54, 1.807) is 0 Å². The van der Waals surface area contributed by atoms with E-state index in [1.807, 2.05) is 12.1 Å². The third kappa shape index (κ3) is 6.99. The average molecular weight is 315 g/mol. The highest BCUT2D eigenvalue weighted by Crippen LogP contribution is 2.15. The van der Waals surface area contributed by atoms with Crippen LogP contribution in [0.2, 0.25) is 0 Å². The second kappa shape index (κ2) is 8.51. The number of hydrogen-bond donors (Lipinski definition) is 1. The molecule has 102 valence electrons. The van der Waals surface area contributed by atoms with Crippen LogP contribution in [0.1, 0.15) is 13.8 Å². The second-order valence-electron chi connectivity index (χ2n) is 4.66. The summed E-state index contributed by atoms with van der Waals surface area (Å²) in [6.07, 6.45) is 0.318. The molecule has 0 amide bonds. The van der Waals surface area contributed by atoms with E-state index >= 15 is 0 Å². The van der Waals surface area contributed by atoms with E-state index in [2.05, 4.69) is 59.2 Å². The molecule has 1 rings (SSSR count). The monoisotopic (exact) mass is 314 g/mol. The fraction of sp³-hybridized carbons (Fsp3) is 0.571. The molecule has 3 nitrogen and oxygen atoms in total. The van der Waals surface area contributed by atoms with Crippen molar-refractivity contribution in [1.29, 1.82) is 0 Å². The fourth-order valence-corrected chi connectivity index (χ4v) is 1.94.